The van der Waals surface area contributed by atoms with Crippen LogP contribution in [-0.2, 0) is 10.9 Å². The minimum absolute atomic E-state index is 0.0321. The van der Waals surface area contributed by atoms with Crippen molar-refractivity contribution in [3.05, 3.63) is 95.4 Å². The van der Waals surface area contributed by atoms with Gasteiger partial charge in [0.05, 0.1) is 23.7 Å². The van der Waals surface area contributed by atoms with E-state index in [4.69, 9.17) is 9.47 Å². The van der Waals surface area contributed by atoms with E-state index in [0.717, 1.165) is 39.6 Å². The van der Waals surface area contributed by atoms with Crippen molar-refractivity contribution in [2.75, 3.05) is 7.11 Å². The molecule has 2 aromatic carbocycles. The second-order valence-electron chi connectivity index (χ2n) is 8.17. The smallest absolute Gasteiger partial charge is 0.416 e. The zero-order valence-electron chi connectivity index (χ0n) is 19.7. The lowest BCUT2D eigenvalue weighted by Crippen LogP contribution is -2.14. The topological polar surface area (TPSA) is 66.2 Å². The van der Waals surface area contributed by atoms with Gasteiger partial charge in [-0.3, -0.25) is 9.55 Å². The van der Waals surface area contributed by atoms with Crippen LogP contribution in [0.2, 0.25) is 0 Å². The molecule has 10 heteroatoms. The van der Waals surface area contributed by atoms with Gasteiger partial charge in [-0.05, 0) is 48.4 Å². The van der Waals surface area contributed by atoms with Gasteiger partial charge in [-0.2, -0.15) is 13.2 Å². The molecule has 0 aliphatic heterocycles. The highest BCUT2D eigenvalue weighted by Gasteiger charge is 2.35. The number of thiophene rings is 1. The molecule has 1 atom stereocenters. The lowest BCUT2D eigenvalue weighted by Gasteiger charge is -2.19. The van der Waals surface area contributed by atoms with Crippen molar-refractivity contribution in [1.82, 2.24) is 14.5 Å². The second kappa shape index (κ2) is 9.70. The quantitative estimate of drug-likeness (QED) is 0.222. The number of imidazole rings is 1. The Bertz CT molecular complexity index is 1580. The van der Waals surface area contributed by atoms with Crippen LogP contribution in [-0.4, -0.2) is 27.6 Å². The van der Waals surface area contributed by atoms with Crippen LogP contribution in [0.4, 0.5) is 13.2 Å². The molecule has 0 unspecified atom stereocenters. The summed E-state index contributed by atoms with van der Waals surface area (Å²) in [6, 6.07) is 16.5. The van der Waals surface area contributed by atoms with Crippen molar-refractivity contribution in [3.8, 4) is 21.9 Å². The highest BCUT2D eigenvalue weighted by atomic mass is 32.1. The van der Waals surface area contributed by atoms with Crippen LogP contribution in [0.3, 0.4) is 0 Å². The third-order valence-corrected chi connectivity index (χ3v) is 6.96. The predicted molar refractivity (Wildman–Crippen MR) is 134 cm³/mol. The average Bonchev–Trinajstić information content (AvgIpc) is 3.52. The van der Waals surface area contributed by atoms with Gasteiger partial charge in [-0.15, -0.1) is 11.3 Å². The minimum Gasteiger partial charge on any atom is -0.484 e. The molecule has 0 radical (unpaired) electrons. The number of ether oxygens (including phenoxy) is 2. The van der Waals surface area contributed by atoms with Crippen LogP contribution in [0.25, 0.3) is 27.2 Å². The highest BCUT2D eigenvalue weighted by molar-refractivity contribution is 7.16. The van der Waals surface area contributed by atoms with Crippen LogP contribution >= 0.6 is 11.3 Å². The summed E-state index contributed by atoms with van der Waals surface area (Å²) in [5.41, 5.74) is 2.68. The summed E-state index contributed by atoms with van der Waals surface area (Å²) in [5, 5.41) is 0.603. The zero-order chi connectivity index (χ0) is 26.2. The van der Waals surface area contributed by atoms with Crippen molar-refractivity contribution in [2.24, 2.45) is 0 Å². The Hall–Kier alpha value is -4.18. The zero-order valence-corrected chi connectivity index (χ0v) is 20.5. The van der Waals surface area contributed by atoms with Gasteiger partial charge in [0.15, 0.2) is 4.88 Å². The lowest BCUT2D eigenvalue weighted by atomic mass is 10.0. The van der Waals surface area contributed by atoms with Gasteiger partial charge in [0, 0.05) is 24.0 Å². The molecule has 3 aromatic heterocycles. The average molecular weight is 524 g/mol. The Labute approximate surface area is 213 Å². The molecular weight excluding hydrogens is 503 g/mol. The van der Waals surface area contributed by atoms with Crippen molar-refractivity contribution in [3.63, 3.8) is 0 Å². The van der Waals surface area contributed by atoms with Crippen LogP contribution in [0.1, 0.15) is 33.8 Å². The molecule has 3 heterocycles. The van der Waals surface area contributed by atoms with E-state index in [0.29, 0.717) is 5.00 Å². The lowest BCUT2D eigenvalue weighted by molar-refractivity contribution is -0.139. The van der Waals surface area contributed by atoms with E-state index in [2.05, 4.69) is 9.97 Å². The van der Waals surface area contributed by atoms with E-state index in [1.807, 2.05) is 30.3 Å². The number of alkyl halides is 3. The Kier molecular flexibility index (Phi) is 6.43. The first kappa shape index (κ1) is 24.5. The highest BCUT2D eigenvalue weighted by Crippen LogP contribution is 2.40. The molecule has 0 bridgehead atoms. The van der Waals surface area contributed by atoms with Crippen molar-refractivity contribution < 1.29 is 27.4 Å². The number of rotatable bonds is 6. The fourth-order valence-corrected chi connectivity index (χ4v) is 5.07. The SMILES string of the molecule is COC(=O)c1sc(-n2cnc3cc(-c4ccncc4)ccc32)cc1O[C@H](C)c1ccccc1C(F)(F)F. The van der Waals surface area contributed by atoms with Crippen LogP contribution < -0.4 is 4.74 Å². The first-order chi connectivity index (χ1) is 17.8. The van der Waals surface area contributed by atoms with Crippen molar-refractivity contribution >= 4 is 28.3 Å². The maximum absolute atomic E-state index is 13.5. The molecule has 0 saturated heterocycles. The van der Waals surface area contributed by atoms with Crippen molar-refractivity contribution in [1.29, 1.82) is 0 Å². The maximum Gasteiger partial charge on any atom is 0.416 e. The number of aromatic nitrogens is 3. The fourth-order valence-electron chi connectivity index (χ4n) is 4.08. The van der Waals surface area contributed by atoms with E-state index in [1.54, 1.807) is 29.4 Å². The molecule has 188 valence electrons. The summed E-state index contributed by atoms with van der Waals surface area (Å²) in [4.78, 5) is 21.2. The number of carbonyl (C=O) groups is 1. The molecule has 0 aliphatic carbocycles. The first-order valence-electron chi connectivity index (χ1n) is 11.2. The molecule has 0 fully saturated rings. The first-order valence-corrected chi connectivity index (χ1v) is 12.0. The number of fused-ring (bicyclic) bond motifs is 1. The molecule has 5 aromatic rings. The summed E-state index contributed by atoms with van der Waals surface area (Å²) >= 11 is 1.11. The van der Waals surface area contributed by atoms with E-state index >= 15 is 0 Å². The monoisotopic (exact) mass is 523 g/mol. The number of pyridine rings is 1. The molecule has 0 amide bonds. The Morgan fingerprint density at radius 2 is 1.78 bits per heavy atom. The van der Waals surface area contributed by atoms with E-state index in [-0.39, 0.29) is 16.2 Å². The van der Waals surface area contributed by atoms with Gasteiger partial charge in [0.25, 0.3) is 0 Å². The summed E-state index contributed by atoms with van der Waals surface area (Å²) < 4.78 is 53.3. The van der Waals surface area contributed by atoms with Gasteiger partial charge >= 0.3 is 12.1 Å². The largest absolute Gasteiger partial charge is 0.484 e. The number of hydrogen-bond acceptors (Lipinski definition) is 6. The van der Waals surface area contributed by atoms with Crippen LogP contribution in [0, 0.1) is 0 Å². The summed E-state index contributed by atoms with van der Waals surface area (Å²) in [7, 11) is 1.24. The standard InChI is InChI=1S/C27H20F3N3O3S/c1-16(19-5-3-4-6-20(19)27(28,29)30)36-23-14-24(37-25(23)26(34)35-2)33-15-32-21-13-18(7-8-22(21)33)17-9-11-31-12-10-17/h3-16H,1-2H3/t16-/m1/s1. The fraction of sp³-hybridized carbons (Fsp3) is 0.148. The molecule has 0 aliphatic rings. The summed E-state index contributed by atoms with van der Waals surface area (Å²) in [6.45, 7) is 1.51. The van der Waals surface area contributed by atoms with Crippen LogP contribution in [0.15, 0.2) is 79.4 Å². The van der Waals surface area contributed by atoms with Crippen LogP contribution in [0.5, 0.6) is 5.75 Å². The number of benzene rings is 2. The maximum atomic E-state index is 13.5. The molecule has 5 rings (SSSR count). The number of esters is 1. The van der Waals surface area contributed by atoms with Gasteiger partial charge < -0.3 is 9.47 Å². The molecule has 6 nitrogen and oxygen atoms in total. The van der Waals surface area contributed by atoms with E-state index in [9.17, 15) is 18.0 Å². The molecule has 0 spiro atoms. The number of hydrogen-bond donors (Lipinski definition) is 0. The molecule has 0 N–H and O–H groups in total. The van der Waals surface area contributed by atoms with Crippen molar-refractivity contribution in [2.45, 2.75) is 19.2 Å². The third-order valence-electron chi connectivity index (χ3n) is 5.86. The normalized spacial score (nSPS) is 12.5. The molecular formula is C27H20F3N3O3S. The van der Waals surface area contributed by atoms with Gasteiger partial charge in [0.1, 0.15) is 23.2 Å². The second-order valence-corrected chi connectivity index (χ2v) is 9.20. The number of halogens is 3. The van der Waals surface area contributed by atoms with Gasteiger partial charge in [-0.1, -0.05) is 24.3 Å². The Morgan fingerprint density at radius 1 is 1.03 bits per heavy atom. The summed E-state index contributed by atoms with van der Waals surface area (Å²) in [6.07, 6.45) is -0.461. The predicted octanol–water partition coefficient (Wildman–Crippen LogP) is 7.09. The van der Waals surface area contributed by atoms with Gasteiger partial charge in [0.2, 0.25) is 0 Å². The number of methoxy groups -OCH3 is 1. The Morgan fingerprint density at radius 3 is 2.51 bits per heavy atom. The molecule has 0 saturated carbocycles. The molecule has 37 heavy (non-hydrogen) atoms. The number of nitrogens with zero attached hydrogens (tertiary/aromatic N) is 3. The van der Waals surface area contributed by atoms with E-state index in [1.165, 1.54) is 32.2 Å². The van der Waals surface area contributed by atoms with Gasteiger partial charge in [-0.25, -0.2) is 9.78 Å². The van der Waals surface area contributed by atoms with E-state index < -0.39 is 23.8 Å². The summed E-state index contributed by atoms with van der Waals surface area (Å²) in [5.74, 6) is -0.515. The minimum atomic E-state index is -4.54. The Balaban J connectivity index is 1.52. The third kappa shape index (κ3) is 4.79. The number of carbonyl (C=O) groups excluding carboxylic acids is 1.